The van der Waals surface area contributed by atoms with E-state index >= 15 is 0 Å². The van der Waals surface area contributed by atoms with Gasteiger partial charge >= 0.3 is 0 Å². The summed E-state index contributed by atoms with van der Waals surface area (Å²) in [5.41, 5.74) is 0.612. The Morgan fingerprint density at radius 1 is 1.22 bits per heavy atom. The Kier molecular flexibility index (Phi) is 4.67. The number of likely N-dealkylation sites (tertiary alicyclic amines) is 1. The van der Waals surface area contributed by atoms with Gasteiger partial charge in [-0.1, -0.05) is 15.9 Å². The molecular formula is C13H15Br2NO2. The van der Waals surface area contributed by atoms with Crippen LogP contribution in [0.5, 0.6) is 5.75 Å². The fraction of sp³-hybridized carbons (Fsp3) is 0.462. The van der Waals surface area contributed by atoms with Gasteiger partial charge in [0.15, 0.2) is 0 Å². The van der Waals surface area contributed by atoms with Gasteiger partial charge in [-0.15, -0.1) is 0 Å². The van der Waals surface area contributed by atoms with E-state index in [0.29, 0.717) is 11.3 Å². The quantitative estimate of drug-likeness (QED) is 0.784. The van der Waals surface area contributed by atoms with Crippen LogP contribution in [-0.4, -0.2) is 31.0 Å². The first-order valence-electron chi connectivity index (χ1n) is 5.96. The zero-order valence-electron chi connectivity index (χ0n) is 10.2. The largest absolute Gasteiger partial charge is 0.495 e. The molecule has 0 atom stereocenters. The van der Waals surface area contributed by atoms with Crippen molar-refractivity contribution in [1.29, 1.82) is 0 Å². The predicted molar refractivity (Wildman–Crippen MR) is 78.1 cm³/mol. The first-order chi connectivity index (χ1) is 8.63. The minimum absolute atomic E-state index is 0.0496. The van der Waals surface area contributed by atoms with Crippen LogP contribution in [0.15, 0.2) is 21.1 Å². The van der Waals surface area contributed by atoms with E-state index in [1.54, 1.807) is 7.11 Å². The number of halogens is 2. The number of nitrogens with zero attached hydrogens (tertiary/aromatic N) is 1. The Labute approximate surface area is 124 Å². The second-order valence-corrected chi connectivity index (χ2v) is 6.09. The van der Waals surface area contributed by atoms with Gasteiger partial charge in [0.25, 0.3) is 5.91 Å². The molecule has 0 unspecified atom stereocenters. The molecule has 0 N–H and O–H groups in total. The van der Waals surface area contributed by atoms with Crippen LogP contribution >= 0.6 is 31.9 Å². The van der Waals surface area contributed by atoms with Crippen molar-refractivity contribution < 1.29 is 9.53 Å². The highest BCUT2D eigenvalue weighted by Crippen LogP contribution is 2.33. The molecule has 0 aromatic heterocycles. The van der Waals surface area contributed by atoms with Gasteiger partial charge in [0, 0.05) is 17.6 Å². The molecule has 1 aromatic rings. The van der Waals surface area contributed by atoms with Crippen LogP contribution in [0.2, 0.25) is 0 Å². The van der Waals surface area contributed by atoms with E-state index in [2.05, 4.69) is 31.9 Å². The zero-order valence-corrected chi connectivity index (χ0v) is 13.4. The predicted octanol–water partition coefficient (Wildman–Crippen LogP) is 3.85. The van der Waals surface area contributed by atoms with Crippen molar-refractivity contribution in [3.63, 3.8) is 0 Å². The van der Waals surface area contributed by atoms with Gasteiger partial charge in [0.05, 0.1) is 17.1 Å². The molecule has 0 saturated carbocycles. The lowest BCUT2D eigenvalue weighted by molar-refractivity contribution is 0.0720. The highest BCUT2D eigenvalue weighted by molar-refractivity contribution is 9.11. The Morgan fingerprint density at radius 2 is 1.89 bits per heavy atom. The van der Waals surface area contributed by atoms with E-state index < -0.39 is 0 Å². The van der Waals surface area contributed by atoms with Gasteiger partial charge in [-0.05, 0) is 47.3 Å². The maximum Gasteiger partial charge on any atom is 0.257 e. The minimum Gasteiger partial charge on any atom is -0.495 e. The summed E-state index contributed by atoms with van der Waals surface area (Å²) in [5.74, 6) is 0.655. The average molecular weight is 377 g/mol. The van der Waals surface area contributed by atoms with E-state index in [-0.39, 0.29) is 5.91 Å². The molecule has 1 heterocycles. The summed E-state index contributed by atoms with van der Waals surface area (Å²) in [7, 11) is 1.58. The van der Waals surface area contributed by atoms with E-state index in [9.17, 15) is 4.79 Å². The lowest BCUT2D eigenvalue weighted by Gasteiger charge is -2.27. The number of rotatable bonds is 2. The van der Waals surface area contributed by atoms with Crippen LogP contribution in [-0.2, 0) is 0 Å². The van der Waals surface area contributed by atoms with Gasteiger partial charge in [0.1, 0.15) is 5.75 Å². The third kappa shape index (κ3) is 2.88. The summed E-state index contributed by atoms with van der Waals surface area (Å²) >= 11 is 6.84. The molecule has 2 rings (SSSR count). The molecule has 0 spiro atoms. The first kappa shape index (κ1) is 13.9. The molecule has 1 amide bonds. The number of methoxy groups -OCH3 is 1. The molecule has 1 aromatic carbocycles. The van der Waals surface area contributed by atoms with Crippen LogP contribution < -0.4 is 4.74 Å². The van der Waals surface area contributed by atoms with Gasteiger partial charge in [-0.3, -0.25) is 4.79 Å². The molecule has 0 radical (unpaired) electrons. The number of hydrogen-bond donors (Lipinski definition) is 0. The molecule has 1 saturated heterocycles. The second-order valence-electron chi connectivity index (χ2n) is 4.32. The third-order valence-electron chi connectivity index (χ3n) is 3.09. The van der Waals surface area contributed by atoms with Crippen molar-refractivity contribution in [2.75, 3.05) is 20.2 Å². The fourth-order valence-corrected chi connectivity index (χ4v) is 3.58. The zero-order chi connectivity index (χ0) is 13.1. The normalized spacial score (nSPS) is 15.6. The van der Waals surface area contributed by atoms with Crippen molar-refractivity contribution in [1.82, 2.24) is 4.90 Å². The summed E-state index contributed by atoms with van der Waals surface area (Å²) < 4.78 is 6.99. The number of carbonyl (C=O) groups excluding carboxylic acids is 1. The van der Waals surface area contributed by atoms with Crippen molar-refractivity contribution >= 4 is 37.8 Å². The van der Waals surface area contributed by atoms with Crippen LogP contribution in [0.25, 0.3) is 0 Å². The van der Waals surface area contributed by atoms with Gasteiger partial charge in [-0.25, -0.2) is 0 Å². The summed E-state index contributed by atoms with van der Waals surface area (Å²) in [6.07, 6.45) is 3.38. The molecule has 0 aliphatic carbocycles. The van der Waals surface area contributed by atoms with E-state index in [1.165, 1.54) is 6.42 Å². The maximum absolute atomic E-state index is 12.5. The monoisotopic (exact) mass is 375 g/mol. The number of benzene rings is 1. The van der Waals surface area contributed by atoms with E-state index in [4.69, 9.17) is 4.74 Å². The maximum atomic E-state index is 12.5. The Bertz CT molecular complexity index is 457. The van der Waals surface area contributed by atoms with Crippen LogP contribution in [0.4, 0.5) is 0 Å². The number of carbonyl (C=O) groups is 1. The molecular weight excluding hydrogens is 362 g/mol. The average Bonchev–Trinajstić information content (AvgIpc) is 2.38. The molecule has 0 bridgehead atoms. The number of ether oxygens (including phenoxy) is 1. The van der Waals surface area contributed by atoms with Crippen molar-refractivity contribution in [2.45, 2.75) is 19.3 Å². The molecule has 3 nitrogen and oxygen atoms in total. The lowest BCUT2D eigenvalue weighted by atomic mass is 10.1. The van der Waals surface area contributed by atoms with E-state index in [1.807, 2.05) is 17.0 Å². The Morgan fingerprint density at radius 3 is 2.50 bits per heavy atom. The minimum atomic E-state index is 0.0496. The highest BCUT2D eigenvalue weighted by atomic mass is 79.9. The molecule has 18 heavy (non-hydrogen) atoms. The molecule has 1 aliphatic heterocycles. The lowest BCUT2D eigenvalue weighted by Crippen LogP contribution is -2.35. The summed E-state index contributed by atoms with van der Waals surface area (Å²) in [5, 5.41) is 0. The van der Waals surface area contributed by atoms with Crippen LogP contribution in [0.1, 0.15) is 29.6 Å². The third-order valence-corrected chi connectivity index (χ3v) is 4.13. The fourth-order valence-electron chi connectivity index (χ4n) is 2.19. The molecule has 5 heteroatoms. The molecule has 98 valence electrons. The first-order valence-corrected chi connectivity index (χ1v) is 7.54. The summed E-state index contributed by atoms with van der Waals surface area (Å²) in [6, 6.07) is 3.70. The van der Waals surface area contributed by atoms with E-state index in [0.717, 1.165) is 34.9 Å². The van der Waals surface area contributed by atoms with Gasteiger partial charge in [-0.2, -0.15) is 0 Å². The van der Waals surface area contributed by atoms with Gasteiger partial charge < -0.3 is 9.64 Å². The van der Waals surface area contributed by atoms with Crippen molar-refractivity contribution in [2.24, 2.45) is 0 Å². The smallest absolute Gasteiger partial charge is 0.257 e. The molecule has 1 aliphatic rings. The molecule has 1 fully saturated rings. The number of amides is 1. The second kappa shape index (κ2) is 6.06. The summed E-state index contributed by atoms with van der Waals surface area (Å²) in [4.78, 5) is 14.4. The van der Waals surface area contributed by atoms with Crippen molar-refractivity contribution in [3.05, 3.63) is 26.6 Å². The van der Waals surface area contributed by atoms with Crippen LogP contribution in [0, 0.1) is 0 Å². The Hall–Kier alpha value is -0.550. The van der Waals surface area contributed by atoms with Crippen LogP contribution in [0.3, 0.4) is 0 Å². The highest BCUT2D eigenvalue weighted by Gasteiger charge is 2.23. The topological polar surface area (TPSA) is 29.5 Å². The Balaban J connectivity index is 2.33. The SMILES string of the molecule is COc1c(Br)cc(Br)cc1C(=O)N1CCCCC1. The number of piperidine rings is 1. The van der Waals surface area contributed by atoms with Gasteiger partial charge in [0.2, 0.25) is 0 Å². The summed E-state index contributed by atoms with van der Waals surface area (Å²) in [6.45, 7) is 1.68. The number of hydrogen-bond acceptors (Lipinski definition) is 2. The standard InChI is InChI=1S/C13H15Br2NO2/c1-18-12-10(7-9(14)8-11(12)15)13(17)16-5-3-2-4-6-16/h7-8H,2-6H2,1H3. The van der Waals surface area contributed by atoms with Crippen molar-refractivity contribution in [3.8, 4) is 5.75 Å².